The smallest absolute Gasteiger partial charge is 0.416 e. The second-order valence-corrected chi connectivity index (χ2v) is 8.80. The van der Waals surface area contributed by atoms with E-state index in [1.807, 2.05) is 7.05 Å². The predicted octanol–water partition coefficient (Wildman–Crippen LogP) is 3.49. The van der Waals surface area contributed by atoms with Crippen LogP contribution in [0.2, 0.25) is 0 Å². The van der Waals surface area contributed by atoms with Gasteiger partial charge in [-0.15, -0.1) is 0 Å². The van der Waals surface area contributed by atoms with Crippen molar-refractivity contribution in [1.29, 1.82) is 0 Å². The number of phenolic OH excluding ortho intramolecular Hbond substituents is 1. The molecule has 8 nitrogen and oxygen atoms in total. The van der Waals surface area contributed by atoms with Crippen LogP contribution in [0.1, 0.15) is 45.5 Å². The van der Waals surface area contributed by atoms with Gasteiger partial charge in [0.1, 0.15) is 18.2 Å². The molecule has 1 saturated carbocycles. The number of nitrogens with two attached hydrogens (primary N) is 2. The van der Waals surface area contributed by atoms with Crippen molar-refractivity contribution < 1.29 is 27.8 Å². The number of hydrogen-bond acceptors (Lipinski definition) is 6. The van der Waals surface area contributed by atoms with Gasteiger partial charge in [0.05, 0.1) is 22.4 Å². The summed E-state index contributed by atoms with van der Waals surface area (Å²) >= 11 is 0. The fourth-order valence-electron chi connectivity index (χ4n) is 4.27. The number of ether oxygens (including phenoxy) is 1. The Morgan fingerprint density at radius 3 is 2.44 bits per heavy atom. The van der Waals surface area contributed by atoms with Crippen LogP contribution >= 0.6 is 0 Å². The second-order valence-electron chi connectivity index (χ2n) is 8.80. The van der Waals surface area contributed by atoms with E-state index in [1.54, 1.807) is 13.0 Å². The van der Waals surface area contributed by atoms with Crippen LogP contribution < -0.4 is 21.5 Å². The second kappa shape index (κ2) is 7.79. The molecule has 34 heavy (non-hydrogen) atoms. The first-order valence-electron chi connectivity index (χ1n) is 10.6. The zero-order valence-electron chi connectivity index (χ0n) is 19.2. The number of aryl methyl sites for hydroxylation is 1. The number of nitrogens with zero attached hydrogens (tertiary/aromatic N) is 2. The minimum absolute atomic E-state index is 0.0292. The van der Waals surface area contributed by atoms with Crippen LogP contribution in [0.25, 0.3) is 16.7 Å². The summed E-state index contributed by atoms with van der Waals surface area (Å²) in [7, 11) is 1.84. The molecule has 182 valence electrons. The summed E-state index contributed by atoms with van der Waals surface area (Å²) in [5, 5.41) is 13.8. The normalized spacial score (nSPS) is 15.0. The Hall–Kier alpha value is -3.47. The maximum atomic E-state index is 13.7. The van der Waals surface area contributed by atoms with E-state index < -0.39 is 23.4 Å². The molecule has 1 aromatic carbocycles. The van der Waals surface area contributed by atoms with Crippen molar-refractivity contribution in [1.82, 2.24) is 14.9 Å². The molecule has 2 heterocycles. The SMILES string of the molecule is CNC1(COc2nc3c(cc2C)c(C(N)=O)c(N)n3-c2c(C)c(O)cc(C(F)(F)F)c2C)CC1. The maximum Gasteiger partial charge on any atom is 0.416 e. The highest BCUT2D eigenvalue weighted by atomic mass is 19.4. The molecule has 6 N–H and O–H groups in total. The Balaban J connectivity index is 2.01. The number of carbonyl (C=O) groups excluding carboxylic acids is 1. The van der Waals surface area contributed by atoms with E-state index in [0.29, 0.717) is 18.2 Å². The van der Waals surface area contributed by atoms with Crippen molar-refractivity contribution in [2.45, 2.75) is 45.3 Å². The number of nitrogen functional groups attached to an aromatic ring is 1. The van der Waals surface area contributed by atoms with Crippen molar-refractivity contribution >= 4 is 22.8 Å². The molecule has 0 saturated heterocycles. The molecule has 2 aromatic heterocycles. The van der Waals surface area contributed by atoms with Gasteiger partial charge >= 0.3 is 6.18 Å². The summed E-state index contributed by atoms with van der Waals surface area (Å²) in [6.45, 7) is 4.83. The number of fused-ring (bicyclic) bond motifs is 1. The number of amides is 1. The maximum absolute atomic E-state index is 13.7. The lowest BCUT2D eigenvalue weighted by Gasteiger charge is -2.20. The van der Waals surface area contributed by atoms with Gasteiger partial charge in [-0.2, -0.15) is 18.2 Å². The van der Waals surface area contributed by atoms with Gasteiger partial charge in [0, 0.05) is 16.5 Å². The Morgan fingerprint density at radius 1 is 1.26 bits per heavy atom. The molecule has 0 unspecified atom stereocenters. The zero-order chi connectivity index (χ0) is 25.2. The lowest BCUT2D eigenvalue weighted by atomic mass is 10.0. The highest BCUT2D eigenvalue weighted by molar-refractivity contribution is 6.11. The number of rotatable bonds is 6. The highest BCUT2D eigenvalue weighted by Gasteiger charge is 2.42. The minimum atomic E-state index is -4.72. The van der Waals surface area contributed by atoms with Gasteiger partial charge in [0.15, 0.2) is 5.65 Å². The lowest BCUT2D eigenvalue weighted by Crippen LogP contribution is -2.34. The Labute approximate surface area is 193 Å². The molecular formula is C23H26F3N5O3. The molecule has 1 aliphatic rings. The summed E-state index contributed by atoms with van der Waals surface area (Å²) in [6, 6.07) is 2.30. The van der Waals surface area contributed by atoms with Gasteiger partial charge in [0.25, 0.3) is 5.91 Å². The summed E-state index contributed by atoms with van der Waals surface area (Å²) < 4.78 is 48.3. The van der Waals surface area contributed by atoms with Gasteiger partial charge in [-0.1, -0.05) is 0 Å². The van der Waals surface area contributed by atoms with Crippen molar-refractivity contribution in [3.8, 4) is 17.3 Å². The third-order valence-corrected chi connectivity index (χ3v) is 6.55. The number of anilines is 1. The number of halogens is 3. The van der Waals surface area contributed by atoms with Crippen LogP contribution in [0.15, 0.2) is 12.1 Å². The average molecular weight is 477 g/mol. The van der Waals surface area contributed by atoms with E-state index in [4.69, 9.17) is 16.2 Å². The third-order valence-electron chi connectivity index (χ3n) is 6.55. The molecular weight excluding hydrogens is 451 g/mol. The third kappa shape index (κ3) is 3.69. The number of likely N-dealkylation sites (N-methyl/N-ethyl adjacent to an activating group) is 1. The number of benzene rings is 1. The number of aromatic hydroxyl groups is 1. The molecule has 1 aliphatic carbocycles. The van der Waals surface area contributed by atoms with Crippen molar-refractivity contribution in [2.75, 3.05) is 19.4 Å². The average Bonchev–Trinajstić information content (AvgIpc) is 3.47. The molecule has 1 amide bonds. The van der Waals surface area contributed by atoms with Crippen molar-refractivity contribution in [3.05, 3.63) is 39.9 Å². The molecule has 0 bridgehead atoms. The number of nitrogens with one attached hydrogen (secondary N) is 1. The standard InChI is InChI=1S/C23H26F3N5O3/c1-10-7-13-16(19(28)33)18(27)31(20(13)30-21(10)34-9-22(29-4)5-6-22)17-11(2)14(23(24,25)26)8-15(32)12(17)3/h7-8,29,32H,5-6,9,27H2,1-4H3,(H2,28,33). The number of carbonyl (C=O) groups is 1. The van der Waals surface area contributed by atoms with Gasteiger partial charge in [-0.25, -0.2) is 0 Å². The Bertz CT molecular complexity index is 1330. The first-order chi connectivity index (χ1) is 15.8. The fraction of sp³-hybridized carbons (Fsp3) is 0.391. The Morgan fingerprint density at radius 2 is 1.91 bits per heavy atom. The number of alkyl halides is 3. The number of phenols is 1. The molecule has 4 rings (SSSR count). The molecule has 0 radical (unpaired) electrons. The fourth-order valence-corrected chi connectivity index (χ4v) is 4.27. The van der Waals surface area contributed by atoms with Crippen LogP contribution in [-0.4, -0.2) is 39.8 Å². The van der Waals surface area contributed by atoms with E-state index in [-0.39, 0.29) is 50.6 Å². The molecule has 0 spiro atoms. The number of primary amides is 1. The largest absolute Gasteiger partial charge is 0.508 e. The van der Waals surface area contributed by atoms with Crippen LogP contribution in [0.3, 0.4) is 0 Å². The van der Waals surface area contributed by atoms with E-state index in [0.717, 1.165) is 12.8 Å². The number of aromatic nitrogens is 2. The minimum Gasteiger partial charge on any atom is -0.508 e. The summed E-state index contributed by atoms with van der Waals surface area (Å²) in [6.07, 6.45) is -2.83. The zero-order valence-corrected chi connectivity index (χ0v) is 19.2. The van der Waals surface area contributed by atoms with E-state index >= 15 is 0 Å². The van der Waals surface area contributed by atoms with E-state index in [2.05, 4.69) is 10.3 Å². The number of pyridine rings is 1. The van der Waals surface area contributed by atoms with Gasteiger partial charge in [-0.05, 0) is 58.4 Å². The molecule has 1 fully saturated rings. The van der Waals surface area contributed by atoms with E-state index in [9.17, 15) is 23.1 Å². The quantitative estimate of drug-likeness (QED) is 0.430. The summed E-state index contributed by atoms with van der Waals surface area (Å²) in [5.74, 6) is -1.33. The first kappa shape index (κ1) is 23.7. The highest BCUT2D eigenvalue weighted by Crippen LogP contribution is 2.43. The Kier molecular flexibility index (Phi) is 5.43. The van der Waals surface area contributed by atoms with Crippen LogP contribution in [0.5, 0.6) is 11.6 Å². The van der Waals surface area contributed by atoms with Crippen LogP contribution in [-0.2, 0) is 6.18 Å². The molecule has 11 heteroatoms. The van der Waals surface area contributed by atoms with Gasteiger partial charge in [-0.3, -0.25) is 9.36 Å². The van der Waals surface area contributed by atoms with Crippen molar-refractivity contribution in [2.24, 2.45) is 5.73 Å². The predicted molar refractivity (Wildman–Crippen MR) is 121 cm³/mol. The summed E-state index contributed by atoms with van der Waals surface area (Å²) in [4.78, 5) is 16.8. The van der Waals surface area contributed by atoms with Crippen LogP contribution in [0, 0.1) is 20.8 Å². The molecule has 3 aromatic rings. The number of hydrogen-bond donors (Lipinski definition) is 4. The lowest BCUT2D eigenvalue weighted by molar-refractivity contribution is -0.138. The van der Waals surface area contributed by atoms with Gasteiger partial charge in [0.2, 0.25) is 5.88 Å². The van der Waals surface area contributed by atoms with Gasteiger partial charge < -0.3 is 26.6 Å². The first-order valence-corrected chi connectivity index (χ1v) is 10.6. The van der Waals surface area contributed by atoms with Crippen molar-refractivity contribution in [3.63, 3.8) is 0 Å². The summed E-state index contributed by atoms with van der Waals surface area (Å²) in [5.41, 5.74) is 11.3. The van der Waals surface area contributed by atoms with E-state index in [1.165, 1.54) is 18.4 Å². The topological polar surface area (TPSA) is 128 Å². The molecule has 0 aliphatic heterocycles. The monoisotopic (exact) mass is 477 g/mol. The van der Waals surface area contributed by atoms with Crippen LogP contribution in [0.4, 0.5) is 19.0 Å². The molecule has 0 atom stereocenters.